The first-order chi connectivity index (χ1) is 17.1. The number of aryl methyl sites for hydroxylation is 1. The molecule has 1 amide bonds. The fourth-order valence-electron chi connectivity index (χ4n) is 3.58. The molecule has 0 saturated heterocycles. The molecular formula is C25H26ClN5O4S. The molecule has 2 heterocycles. The van der Waals surface area contributed by atoms with Crippen LogP contribution in [0.3, 0.4) is 0 Å². The van der Waals surface area contributed by atoms with Gasteiger partial charge in [-0.05, 0) is 61.9 Å². The van der Waals surface area contributed by atoms with Gasteiger partial charge in [-0.1, -0.05) is 17.7 Å². The molecule has 1 unspecified atom stereocenters. The van der Waals surface area contributed by atoms with Crippen molar-refractivity contribution in [2.75, 3.05) is 18.1 Å². The van der Waals surface area contributed by atoms with Crippen LogP contribution >= 0.6 is 11.6 Å². The third kappa shape index (κ3) is 5.95. The van der Waals surface area contributed by atoms with Crippen molar-refractivity contribution in [1.29, 1.82) is 0 Å². The van der Waals surface area contributed by atoms with Gasteiger partial charge in [-0.15, -0.1) is 0 Å². The number of hydrogen-bond acceptors (Lipinski definition) is 7. The minimum Gasteiger partial charge on any atom is -0.457 e. The number of rotatable bonds is 9. The molecule has 0 bridgehead atoms. The molecule has 0 fully saturated rings. The highest BCUT2D eigenvalue weighted by Crippen LogP contribution is 2.30. The lowest BCUT2D eigenvalue weighted by Gasteiger charge is -2.14. The van der Waals surface area contributed by atoms with Gasteiger partial charge in [-0.3, -0.25) is 4.79 Å². The number of sulfone groups is 1. The summed E-state index contributed by atoms with van der Waals surface area (Å²) in [6.07, 6.45) is 4.38. The number of carbonyl (C=O) groups excluding carboxylic acids is 1. The fraction of sp³-hybridized carbons (Fsp3) is 0.240. The number of fused-ring (bicyclic) bond motifs is 1. The highest BCUT2D eigenvalue weighted by molar-refractivity contribution is 7.92. The van der Waals surface area contributed by atoms with Gasteiger partial charge in [-0.25, -0.2) is 18.4 Å². The molecule has 9 nitrogen and oxygen atoms in total. The van der Waals surface area contributed by atoms with Crippen LogP contribution < -0.4 is 15.4 Å². The zero-order valence-corrected chi connectivity index (χ0v) is 21.6. The minimum atomic E-state index is -3.45. The van der Waals surface area contributed by atoms with Crippen molar-refractivity contribution in [3.05, 3.63) is 71.6 Å². The normalized spacial score (nSPS) is 12.3. The highest BCUT2D eigenvalue weighted by atomic mass is 35.5. The fourth-order valence-corrected chi connectivity index (χ4v) is 4.24. The van der Waals surface area contributed by atoms with Gasteiger partial charge in [-0.2, -0.15) is 0 Å². The van der Waals surface area contributed by atoms with Crippen LogP contribution in [0.25, 0.3) is 11.0 Å². The Bertz CT molecular complexity index is 1520. The van der Waals surface area contributed by atoms with Gasteiger partial charge in [0.1, 0.15) is 28.6 Å². The molecule has 0 spiro atoms. The molecule has 4 rings (SSSR count). The van der Waals surface area contributed by atoms with Crippen LogP contribution in [0.4, 0.5) is 11.5 Å². The monoisotopic (exact) mass is 527 g/mol. The number of ether oxygens (including phenoxy) is 1. The molecular weight excluding hydrogens is 502 g/mol. The average molecular weight is 528 g/mol. The van der Waals surface area contributed by atoms with Crippen molar-refractivity contribution < 1.29 is 17.9 Å². The molecule has 0 radical (unpaired) electrons. The number of benzene rings is 2. The van der Waals surface area contributed by atoms with Gasteiger partial charge >= 0.3 is 0 Å². The Balaban J connectivity index is 1.49. The Morgan fingerprint density at radius 3 is 2.69 bits per heavy atom. The first kappa shape index (κ1) is 25.5. The maximum absolute atomic E-state index is 12.1. The number of nitrogens with one attached hydrogen (secondary N) is 2. The van der Waals surface area contributed by atoms with Crippen molar-refractivity contribution >= 4 is 49.9 Å². The van der Waals surface area contributed by atoms with Gasteiger partial charge in [0.15, 0.2) is 15.7 Å². The standard InChI is InChI=1S/C25H26ClN5O4S/c1-16-13-19(7-8-22(16)35-20-6-4-5-18(26)14-20)30-24-23-21(28-15-29-24)9-11-31(23)12-10-27-25(32)17(2)36(3,33)34/h4-9,11,13-15,17H,10,12H2,1-3H3,(H,27,32)(H,28,29,30). The van der Waals surface area contributed by atoms with E-state index in [1.54, 1.807) is 12.1 Å². The van der Waals surface area contributed by atoms with Gasteiger partial charge in [0.05, 0.1) is 5.52 Å². The first-order valence-electron chi connectivity index (χ1n) is 11.2. The lowest BCUT2D eigenvalue weighted by atomic mass is 10.2. The van der Waals surface area contributed by atoms with Crippen LogP contribution in [0.1, 0.15) is 12.5 Å². The third-order valence-corrected chi connectivity index (χ3v) is 7.41. The van der Waals surface area contributed by atoms with E-state index >= 15 is 0 Å². The molecule has 1 atom stereocenters. The first-order valence-corrected chi connectivity index (χ1v) is 13.5. The van der Waals surface area contributed by atoms with E-state index in [-0.39, 0.29) is 6.54 Å². The SMILES string of the molecule is Cc1cc(Nc2ncnc3ccn(CCNC(=O)C(C)S(C)(=O)=O)c23)ccc1Oc1cccc(Cl)c1. The minimum absolute atomic E-state index is 0.255. The number of hydrogen-bond donors (Lipinski definition) is 2. The summed E-state index contributed by atoms with van der Waals surface area (Å²) >= 11 is 6.05. The molecule has 188 valence electrons. The Labute approximate surface area is 214 Å². The predicted molar refractivity (Wildman–Crippen MR) is 141 cm³/mol. The van der Waals surface area contributed by atoms with Gasteiger partial charge in [0.25, 0.3) is 0 Å². The molecule has 4 aromatic rings. The second kappa shape index (κ2) is 10.5. The molecule has 0 aliphatic heterocycles. The average Bonchev–Trinajstić information content (AvgIpc) is 3.24. The smallest absolute Gasteiger partial charge is 0.238 e. The Morgan fingerprint density at radius 2 is 1.97 bits per heavy atom. The van der Waals surface area contributed by atoms with E-state index in [0.717, 1.165) is 28.5 Å². The summed E-state index contributed by atoms with van der Waals surface area (Å²) < 4.78 is 31.1. The summed E-state index contributed by atoms with van der Waals surface area (Å²) in [6.45, 7) is 3.99. The molecule has 11 heteroatoms. The molecule has 2 aromatic heterocycles. The zero-order chi connectivity index (χ0) is 25.9. The van der Waals surface area contributed by atoms with Crippen molar-refractivity contribution in [3.8, 4) is 11.5 Å². The summed E-state index contributed by atoms with van der Waals surface area (Å²) in [5.74, 6) is 1.43. The van der Waals surface area contributed by atoms with E-state index in [2.05, 4.69) is 20.6 Å². The van der Waals surface area contributed by atoms with Crippen LogP contribution in [0.2, 0.25) is 5.02 Å². The van der Waals surface area contributed by atoms with E-state index in [1.807, 2.05) is 54.1 Å². The number of anilines is 2. The van der Waals surface area contributed by atoms with E-state index in [9.17, 15) is 13.2 Å². The van der Waals surface area contributed by atoms with Crippen LogP contribution in [-0.4, -0.2) is 46.9 Å². The van der Waals surface area contributed by atoms with E-state index < -0.39 is 21.0 Å². The van der Waals surface area contributed by atoms with Gasteiger partial charge in [0, 0.05) is 36.3 Å². The summed E-state index contributed by atoms with van der Waals surface area (Å²) in [5, 5.41) is 5.51. The highest BCUT2D eigenvalue weighted by Gasteiger charge is 2.23. The van der Waals surface area contributed by atoms with Crippen molar-refractivity contribution in [1.82, 2.24) is 19.9 Å². The molecule has 0 aliphatic carbocycles. The number of nitrogens with zero attached hydrogens (tertiary/aromatic N) is 3. The number of carbonyl (C=O) groups is 1. The lowest BCUT2D eigenvalue weighted by Crippen LogP contribution is -2.38. The van der Waals surface area contributed by atoms with Crippen LogP contribution in [0, 0.1) is 6.92 Å². The molecule has 2 aromatic carbocycles. The molecule has 0 aliphatic rings. The Hall–Kier alpha value is -3.63. The number of amides is 1. The lowest BCUT2D eigenvalue weighted by molar-refractivity contribution is -0.120. The van der Waals surface area contributed by atoms with E-state index in [0.29, 0.717) is 28.9 Å². The van der Waals surface area contributed by atoms with E-state index in [4.69, 9.17) is 16.3 Å². The second-order valence-electron chi connectivity index (χ2n) is 8.39. The molecule has 36 heavy (non-hydrogen) atoms. The summed E-state index contributed by atoms with van der Waals surface area (Å²) in [7, 11) is -3.45. The van der Waals surface area contributed by atoms with Crippen LogP contribution in [-0.2, 0) is 21.2 Å². The molecule has 2 N–H and O–H groups in total. The topological polar surface area (TPSA) is 115 Å². The van der Waals surface area contributed by atoms with Crippen molar-refractivity contribution in [3.63, 3.8) is 0 Å². The maximum atomic E-state index is 12.1. The summed E-state index contributed by atoms with van der Waals surface area (Å²) in [5.41, 5.74) is 3.23. The van der Waals surface area contributed by atoms with Crippen molar-refractivity contribution in [2.45, 2.75) is 25.6 Å². The maximum Gasteiger partial charge on any atom is 0.238 e. The number of halogens is 1. The predicted octanol–water partition coefficient (Wildman–Crippen LogP) is 4.48. The Kier molecular flexibility index (Phi) is 7.46. The molecule has 0 saturated carbocycles. The van der Waals surface area contributed by atoms with Crippen LogP contribution in [0.15, 0.2) is 61.1 Å². The quantitative estimate of drug-likeness (QED) is 0.330. The summed E-state index contributed by atoms with van der Waals surface area (Å²) in [4.78, 5) is 20.9. The van der Waals surface area contributed by atoms with Gasteiger partial charge < -0.3 is 19.9 Å². The third-order valence-electron chi connectivity index (χ3n) is 5.68. The van der Waals surface area contributed by atoms with E-state index in [1.165, 1.54) is 13.3 Å². The van der Waals surface area contributed by atoms with Gasteiger partial charge in [0.2, 0.25) is 5.91 Å². The zero-order valence-electron chi connectivity index (χ0n) is 20.0. The number of aromatic nitrogens is 3. The summed E-state index contributed by atoms with van der Waals surface area (Å²) in [6, 6.07) is 14.8. The second-order valence-corrected chi connectivity index (χ2v) is 11.2. The van der Waals surface area contributed by atoms with Crippen LogP contribution in [0.5, 0.6) is 11.5 Å². The van der Waals surface area contributed by atoms with Crippen molar-refractivity contribution in [2.24, 2.45) is 0 Å². The largest absolute Gasteiger partial charge is 0.457 e. The Morgan fingerprint density at radius 1 is 1.17 bits per heavy atom.